The van der Waals surface area contributed by atoms with Gasteiger partial charge in [0, 0.05) is 13.0 Å². The van der Waals surface area contributed by atoms with Crippen LogP contribution in [0, 0.1) is 5.92 Å². The third-order valence-electron chi connectivity index (χ3n) is 1.79. The second kappa shape index (κ2) is 3.38. The Morgan fingerprint density at radius 3 is 2.58 bits per heavy atom. The molecule has 1 aliphatic carbocycles. The Labute approximate surface area is 70.3 Å². The van der Waals surface area contributed by atoms with Crippen molar-refractivity contribution in [2.45, 2.75) is 19.4 Å². The molecule has 0 aromatic rings. The molecule has 0 spiro atoms. The molecule has 1 amide bonds. The highest BCUT2D eigenvalue weighted by molar-refractivity contribution is 5.75. The Bertz CT molecular complexity index is 234. The maximum atomic E-state index is 10.6. The quantitative estimate of drug-likeness (QED) is 0.578. The molecule has 1 rings (SSSR count). The van der Waals surface area contributed by atoms with Gasteiger partial charge in [0.2, 0.25) is 5.91 Å². The fourth-order valence-corrected chi connectivity index (χ4v) is 1.25. The Balaban J connectivity index is 2.42. The van der Waals surface area contributed by atoms with E-state index in [-0.39, 0.29) is 11.9 Å². The van der Waals surface area contributed by atoms with Crippen LogP contribution in [0.25, 0.3) is 0 Å². The van der Waals surface area contributed by atoms with Crippen LogP contribution in [0.1, 0.15) is 13.3 Å². The van der Waals surface area contributed by atoms with Crippen molar-refractivity contribution in [1.29, 1.82) is 0 Å². The Morgan fingerprint density at radius 2 is 2.17 bits per heavy atom. The first-order valence-electron chi connectivity index (χ1n) is 3.78. The molecule has 2 atom stereocenters. The molecule has 4 nitrogen and oxygen atoms in total. The van der Waals surface area contributed by atoms with Crippen molar-refractivity contribution in [1.82, 2.24) is 5.32 Å². The van der Waals surface area contributed by atoms with Gasteiger partial charge in [-0.2, -0.15) is 0 Å². The van der Waals surface area contributed by atoms with E-state index in [0.29, 0.717) is 6.42 Å². The second-order valence-electron chi connectivity index (χ2n) is 2.87. The van der Waals surface area contributed by atoms with Gasteiger partial charge in [-0.1, -0.05) is 12.2 Å². The van der Waals surface area contributed by atoms with Crippen LogP contribution >= 0.6 is 0 Å². The van der Waals surface area contributed by atoms with Gasteiger partial charge in [-0.05, 0) is 6.42 Å². The zero-order valence-corrected chi connectivity index (χ0v) is 6.78. The SMILES string of the molecule is CC(=O)N[C@@H]1C=C[C@@H](C(=O)O)C1. The normalized spacial score (nSPS) is 27.1. The molecule has 0 aromatic carbocycles. The van der Waals surface area contributed by atoms with Crippen LogP contribution < -0.4 is 5.32 Å². The van der Waals surface area contributed by atoms with E-state index in [4.69, 9.17) is 5.11 Å². The van der Waals surface area contributed by atoms with E-state index in [0.717, 1.165) is 0 Å². The van der Waals surface area contributed by atoms with Gasteiger partial charge < -0.3 is 10.4 Å². The number of carbonyl (C=O) groups excluding carboxylic acids is 1. The molecular weight excluding hydrogens is 158 g/mol. The minimum absolute atomic E-state index is 0.108. The summed E-state index contributed by atoms with van der Waals surface area (Å²) >= 11 is 0. The summed E-state index contributed by atoms with van der Waals surface area (Å²) in [6, 6.07) is -0.108. The monoisotopic (exact) mass is 169 g/mol. The van der Waals surface area contributed by atoms with Gasteiger partial charge in [-0.3, -0.25) is 9.59 Å². The largest absolute Gasteiger partial charge is 0.481 e. The van der Waals surface area contributed by atoms with E-state index in [1.807, 2.05) is 0 Å². The summed E-state index contributed by atoms with van der Waals surface area (Å²) in [6.07, 6.45) is 3.80. The zero-order valence-electron chi connectivity index (χ0n) is 6.78. The highest BCUT2D eigenvalue weighted by Crippen LogP contribution is 2.17. The average molecular weight is 169 g/mol. The lowest BCUT2D eigenvalue weighted by atomic mass is 10.1. The van der Waals surface area contributed by atoms with E-state index in [1.165, 1.54) is 6.92 Å². The highest BCUT2D eigenvalue weighted by atomic mass is 16.4. The molecule has 0 heterocycles. The Hall–Kier alpha value is -1.32. The summed E-state index contributed by atoms with van der Waals surface area (Å²) in [5.74, 6) is -1.41. The van der Waals surface area contributed by atoms with Gasteiger partial charge in [0.15, 0.2) is 0 Å². The minimum atomic E-state index is -0.834. The van der Waals surface area contributed by atoms with Crippen LogP contribution in [-0.4, -0.2) is 23.0 Å². The number of hydrogen-bond donors (Lipinski definition) is 2. The van der Waals surface area contributed by atoms with E-state index in [9.17, 15) is 9.59 Å². The summed E-state index contributed by atoms with van der Waals surface area (Å²) in [4.78, 5) is 21.1. The number of carboxylic acid groups (broad SMARTS) is 1. The predicted molar refractivity (Wildman–Crippen MR) is 42.5 cm³/mol. The number of carbonyl (C=O) groups is 2. The zero-order chi connectivity index (χ0) is 9.14. The van der Waals surface area contributed by atoms with Crippen LogP contribution in [0.4, 0.5) is 0 Å². The lowest BCUT2D eigenvalue weighted by molar-refractivity contribution is -0.140. The molecule has 12 heavy (non-hydrogen) atoms. The molecule has 0 saturated heterocycles. The van der Waals surface area contributed by atoms with Gasteiger partial charge in [-0.25, -0.2) is 0 Å². The number of rotatable bonds is 2. The number of hydrogen-bond acceptors (Lipinski definition) is 2. The van der Waals surface area contributed by atoms with E-state index >= 15 is 0 Å². The molecule has 1 aliphatic rings. The lowest BCUT2D eigenvalue weighted by Crippen LogP contribution is -2.31. The van der Waals surface area contributed by atoms with Crippen molar-refractivity contribution < 1.29 is 14.7 Å². The van der Waals surface area contributed by atoms with Crippen LogP contribution in [0.15, 0.2) is 12.2 Å². The molecule has 0 saturated carbocycles. The molecule has 2 N–H and O–H groups in total. The number of nitrogens with one attached hydrogen (secondary N) is 1. The van der Waals surface area contributed by atoms with Gasteiger partial charge in [-0.15, -0.1) is 0 Å². The van der Waals surface area contributed by atoms with Crippen molar-refractivity contribution in [3.05, 3.63) is 12.2 Å². The predicted octanol–water partition coefficient (Wildman–Crippen LogP) is 0.152. The molecule has 0 aliphatic heterocycles. The van der Waals surface area contributed by atoms with E-state index in [2.05, 4.69) is 5.32 Å². The summed E-state index contributed by atoms with van der Waals surface area (Å²) in [6.45, 7) is 1.42. The van der Waals surface area contributed by atoms with Gasteiger partial charge in [0.05, 0.1) is 5.92 Å². The Kier molecular flexibility index (Phi) is 2.47. The van der Waals surface area contributed by atoms with Crippen molar-refractivity contribution in [3.63, 3.8) is 0 Å². The van der Waals surface area contributed by atoms with Crippen LogP contribution in [0.3, 0.4) is 0 Å². The third-order valence-corrected chi connectivity index (χ3v) is 1.79. The van der Waals surface area contributed by atoms with Crippen molar-refractivity contribution in [3.8, 4) is 0 Å². The molecule has 4 heteroatoms. The first-order valence-corrected chi connectivity index (χ1v) is 3.78. The summed E-state index contributed by atoms with van der Waals surface area (Å²) < 4.78 is 0. The maximum Gasteiger partial charge on any atom is 0.310 e. The number of aliphatic carboxylic acids is 1. The second-order valence-corrected chi connectivity index (χ2v) is 2.87. The molecule has 66 valence electrons. The third kappa shape index (κ3) is 2.08. The molecule has 0 radical (unpaired) electrons. The summed E-state index contributed by atoms with van der Waals surface area (Å²) in [5, 5.41) is 11.2. The van der Waals surface area contributed by atoms with Crippen LogP contribution in [0.2, 0.25) is 0 Å². The molecule has 0 unspecified atom stereocenters. The smallest absolute Gasteiger partial charge is 0.310 e. The van der Waals surface area contributed by atoms with E-state index in [1.54, 1.807) is 12.2 Å². The number of carboxylic acids is 1. The van der Waals surface area contributed by atoms with Crippen LogP contribution in [0.5, 0.6) is 0 Å². The molecule has 0 aromatic heterocycles. The average Bonchev–Trinajstić information content (AvgIpc) is 2.34. The van der Waals surface area contributed by atoms with Gasteiger partial charge in [0.25, 0.3) is 0 Å². The Morgan fingerprint density at radius 1 is 1.50 bits per heavy atom. The van der Waals surface area contributed by atoms with E-state index < -0.39 is 11.9 Å². The van der Waals surface area contributed by atoms with Crippen molar-refractivity contribution >= 4 is 11.9 Å². The molecule has 0 fully saturated rings. The number of amides is 1. The lowest BCUT2D eigenvalue weighted by Gasteiger charge is -2.09. The fourth-order valence-electron chi connectivity index (χ4n) is 1.25. The standard InChI is InChI=1S/C8H11NO3/c1-5(10)9-7-3-2-6(4-7)8(11)12/h2-3,6-7H,4H2,1H3,(H,9,10)(H,11,12)/t6-,7-/m1/s1. The highest BCUT2D eigenvalue weighted by Gasteiger charge is 2.24. The van der Waals surface area contributed by atoms with Crippen molar-refractivity contribution in [2.24, 2.45) is 5.92 Å². The van der Waals surface area contributed by atoms with Crippen LogP contribution in [-0.2, 0) is 9.59 Å². The summed E-state index contributed by atoms with van der Waals surface area (Å²) in [5.41, 5.74) is 0. The fraction of sp³-hybridized carbons (Fsp3) is 0.500. The maximum absolute atomic E-state index is 10.6. The first kappa shape index (κ1) is 8.77. The molecule has 0 bridgehead atoms. The van der Waals surface area contributed by atoms with Gasteiger partial charge >= 0.3 is 5.97 Å². The topological polar surface area (TPSA) is 66.4 Å². The van der Waals surface area contributed by atoms with Gasteiger partial charge in [0.1, 0.15) is 0 Å². The minimum Gasteiger partial charge on any atom is -0.481 e. The molecular formula is C8H11NO3. The first-order chi connectivity index (χ1) is 5.59. The van der Waals surface area contributed by atoms with Crippen molar-refractivity contribution in [2.75, 3.05) is 0 Å². The summed E-state index contributed by atoms with van der Waals surface area (Å²) in [7, 11) is 0.